The van der Waals surface area contributed by atoms with E-state index >= 15 is 0 Å². The number of carbonyl (C=O) groups is 1. The standard InChI is InChI=1S/C15H14O3S/c1-18-10-7-8-11(13(9-10)15(16)17)12-5-3-4-6-14(12)19-2/h3-9H,1-2H3,(H,16,17). The second kappa shape index (κ2) is 5.80. The molecule has 0 aliphatic carbocycles. The van der Waals surface area contributed by atoms with Gasteiger partial charge in [0.2, 0.25) is 0 Å². The molecule has 0 saturated heterocycles. The lowest BCUT2D eigenvalue weighted by Gasteiger charge is -2.11. The summed E-state index contributed by atoms with van der Waals surface area (Å²) >= 11 is 1.60. The summed E-state index contributed by atoms with van der Waals surface area (Å²) in [6.07, 6.45) is 1.97. The molecule has 0 aliphatic heterocycles. The molecular formula is C15H14O3S. The molecule has 1 N–H and O–H groups in total. The minimum Gasteiger partial charge on any atom is -0.497 e. The molecule has 19 heavy (non-hydrogen) atoms. The van der Waals surface area contributed by atoms with Gasteiger partial charge in [-0.1, -0.05) is 18.2 Å². The number of carboxylic acid groups (broad SMARTS) is 1. The maximum atomic E-state index is 11.4. The van der Waals surface area contributed by atoms with Crippen molar-refractivity contribution >= 4 is 17.7 Å². The van der Waals surface area contributed by atoms with Gasteiger partial charge in [-0.3, -0.25) is 0 Å². The van der Waals surface area contributed by atoms with Crippen LogP contribution >= 0.6 is 11.8 Å². The fourth-order valence-corrected chi connectivity index (χ4v) is 2.54. The largest absolute Gasteiger partial charge is 0.497 e. The van der Waals surface area contributed by atoms with Gasteiger partial charge in [0.1, 0.15) is 5.75 Å². The minimum absolute atomic E-state index is 0.251. The van der Waals surface area contributed by atoms with E-state index in [9.17, 15) is 9.90 Å². The summed E-state index contributed by atoms with van der Waals surface area (Å²) in [5, 5.41) is 9.35. The van der Waals surface area contributed by atoms with Crippen LogP contribution in [0.3, 0.4) is 0 Å². The Morgan fingerprint density at radius 3 is 2.53 bits per heavy atom. The molecule has 0 aromatic heterocycles. The van der Waals surface area contributed by atoms with Crippen molar-refractivity contribution in [3.05, 3.63) is 48.0 Å². The van der Waals surface area contributed by atoms with Crippen LogP contribution in [0.5, 0.6) is 5.75 Å². The summed E-state index contributed by atoms with van der Waals surface area (Å²) in [6.45, 7) is 0. The van der Waals surface area contributed by atoms with Gasteiger partial charge in [-0.05, 0) is 41.6 Å². The van der Waals surface area contributed by atoms with Gasteiger partial charge in [-0.25, -0.2) is 4.79 Å². The van der Waals surface area contributed by atoms with Gasteiger partial charge in [0, 0.05) is 4.90 Å². The Morgan fingerprint density at radius 2 is 1.89 bits per heavy atom. The number of methoxy groups -OCH3 is 1. The zero-order valence-electron chi connectivity index (χ0n) is 10.7. The lowest BCUT2D eigenvalue weighted by atomic mass is 9.99. The first kappa shape index (κ1) is 13.5. The zero-order valence-corrected chi connectivity index (χ0v) is 11.5. The van der Waals surface area contributed by atoms with Crippen molar-refractivity contribution in [3.8, 4) is 16.9 Å². The van der Waals surface area contributed by atoms with Crippen molar-refractivity contribution in [3.63, 3.8) is 0 Å². The first-order chi connectivity index (χ1) is 9.17. The second-order valence-electron chi connectivity index (χ2n) is 3.92. The smallest absolute Gasteiger partial charge is 0.336 e. The van der Waals surface area contributed by atoms with Crippen LogP contribution in [0.4, 0.5) is 0 Å². The van der Waals surface area contributed by atoms with Gasteiger partial charge in [0.05, 0.1) is 12.7 Å². The molecule has 2 rings (SSSR count). The van der Waals surface area contributed by atoms with Crippen molar-refractivity contribution in [2.24, 2.45) is 0 Å². The average Bonchev–Trinajstić information content (AvgIpc) is 2.46. The topological polar surface area (TPSA) is 46.5 Å². The van der Waals surface area contributed by atoms with Crippen molar-refractivity contribution in [1.82, 2.24) is 0 Å². The molecule has 0 heterocycles. The Bertz CT molecular complexity index is 608. The number of aromatic carboxylic acids is 1. The third kappa shape index (κ3) is 2.74. The fourth-order valence-electron chi connectivity index (χ4n) is 1.93. The van der Waals surface area contributed by atoms with E-state index < -0.39 is 5.97 Å². The molecule has 0 unspecified atom stereocenters. The maximum Gasteiger partial charge on any atom is 0.336 e. The van der Waals surface area contributed by atoms with Crippen LogP contribution in [0.15, 0.2) is 47.4 Å². The highest BCUT2D eigenvalue weighted by molar-refractivity contribution is 7.98. The third-order valence-corrected chi connectivity index (χ3v) is 3.65. The molecule has 4 heteroatoms. The number of rotatable bonds is 4. The van der Waals surface area contributed by atoms with Crippen LogP contribution in [0, 0.1) is 0 Å². The van der Waals surface area contributed by atoms with Crippen LogP contribution in [0.1, 0.15) is 10.4 Å². The molecule has 0 bridgehead atoms. The van der Waals surface area contributed by atoms with E-state index in [0.29, 0.717) is 11.3 Å². The number of benzene rings is 2. The number of hydrogen-bond donors (Lipinski definition) is 1. The second-order valence-corrected chi connectivity index (χ2v) is 4.77. The summed E-state index contributed by atoms with van der Waals surface area (Å²) in [7, 11) is 1.52. The van der Waals surface area contributed by atoms with Gasteiger partial charge >= 0.3 is 5.97 Å². The molecule has 0 spiro atoms. The summed E-state index contributed by atoms with van der Waals surface area (Å²) in [4.78, 5) is 12.5. The Kier molecular flexibility index (Phi) is 4.12. The molecule has 3 nitrogen and oxygen atoms in total. The van der Waals surface area contributed by atoms with E-state index in [1.165, 1.54) is 7.11 Å². The lowest BCUT2D eigenvalue weighted by Crippen LogP contribution is -2.01. The monoisotopic (exact) mass is 274 g/mol. The first-order valence-electron chi connectivity index (χ1n) is 5.72. The summed E-state index contributed by atoms with van der Waals surface area (Å²) in [5.41, 5.74) is 1.88. The zero-order chi connectivity index (χ0) is 13.8. The molecule has 0 saturated carbocycles. The third-order valence-electron chi connectivity index (χ3n) is 2.85. The van der Waals surface area contributed by atoms with Crippen LogP contribution in [-0.4, -0.2) is 24.4 Å². The van der Waals surface area contributed by atoms with Crippen LogP contribution in [-0.2, 0) is 0 Å². The number of thioether (sulfide) groups is 1. The molecule has 0 fully saturated rings. The van der Waals surface area contributed by atoms with E-state index in [1.807, 2.05) is 30.5 Å². The molecule has 0 aliphatic rings. The number of hydrogen-bond acceptors (Lipinski definition) is 3. The van der Waals surface area contributed by atoms with Gasteiger partial charge < -0.3 is 9.84 Å². The van der Waals surface area contributed by atoms with Crippen LogP contribution in [0.25, 0.3) is 11.1 Å². The van der Waals surface area contributed by atoms with Crippen molar-refractivity contribution in [1.29, 1.82) is 0 Å². The molecule has 0 atom stereocenters. The Labute approximate surface area is 116 Å². The molecular weight excluding hydrogens is 260 g/mol. The minimum atomic E-state index is -0.954. The first-order valence-corrected chi connectivity index (χ1v) is 6.94. The van der Waals surface area contributed by atoms with Gasteiger partial charge in [0.15, 0.2) is 0 Å². The van der Waals surface area contributed by atoms with Gasteiger partial charge in [-0.15, -0.1) is 11.8 Å². The highest BCUT2D eigenvalue weighted by Crippen LogP contribution is 2.33. The number of carboxylic acids is 1. The van der Waals surface area contributed by atoms with E-state index in [4.69, 9.17) is 4.74 Å². The molecule has 0 amide bonds. The van der Waals surface area contributed by atoms with E-state index in [2.05, 4.69) is 0 Å². The maximum absolute atomic E-state index is 11.4. The SMILES string of the molecule is COc1ccc(-c2ccccc2SC)c(C(=O)O)c1. The highest BCUT2D eigenvalue weighted by Gasteiger charge is 2.15. The van der Waals surface area contributed by atoms with Crippen LogP contribution in [0.2, 0.25) is 0 Å². The molecule has 0 radical (unpaired) electrons. The molecule has 2 aromatic carbocycles. The molecule has 98 valence electrons. The Hall–Kier alpha value is -1.94. The van der Waals surface area contributed by atoms with Crippen molar-refractivity contribution in [2.45, 2.75) is 4.90 Å². The van der Waals surface area contributed by atoms with Crippen molar-refractivity contribution < 1.29 is 14.6 Å². The average molecular weight is 274 g/mol. The number of ether oxygens (including phenoxy) is 1. The molecule has 2 aromatic rings. The van der Waals surface area contributed by atoms with E-state index in [1.54, 1.807) is 30.0 Å². The predicted octanol–water partition coefficient (Wildman–Crippen LogP) is 3.78. The quantitative estimate of drug-likeness (QED) is 0.862. The summed E-state index contributed by atoms with van der Waals surface area (Å²) in [5.74, 6) is -0.410. The lowest BCUT2D eigenvalue weighted by molar-refractivity contribution is 0.0697. The van der Waals surface area contributed by atoms with Gasteiger partial charge in [-0.2, -0.15) is 0 Å². The Balaban J connectivity index is 2.64. The van der Waals surface area contributed by atoms with E-state index in [0.717, 1.165) is 10.5 Å². The normalized spacial score (nSPS) is 10.2. The van der Waals surface area contributed by atoms with Gasteiger partial charge in [0.25, 0.3) is 0 Å². The predicted molar refractivity (Wildman–Crippen MR) is 77.2 cm³/mol. The Morgan fingerprint density at radius 1 is 1.16 bits per heavy atom. The van der Waals surface area contributed by atoms with Crippen molar-refractivity contribution in [2.75, 3.05) is 13.4 Å². The fraction of sp³-hybridized carbons (Fsp3) is 0.133. The van der Waals surface area contributed by atoms with E-state index in [-0.39, 0.29) is 5.56 Å². The van der Waals surface area contributed by atoms with Crippen LogP contribution < -0.4 is 4.74 Å². The summed E-state index contributed by atoms with van der Waals surface area (Å²) < 4.78 is 5.08. The summed E-state index contributed by atoms with van der Waals surface area (Å²) in [6, 6.07) is 12.9. The highest BCUT2D eigenvalue weighted by atomic mass is 32.2.